The van der Waals surface area contributed by atoms with E-state index in [4.69, 9.17) is 9.84 Å². The average Bonchev–Trinajstić information content (AvgIpc) is 2.90. The minimum Gasteiger partial charge on any atom is -0.478 e. The van der Waals surface area contributed by atoms with E-state index < -0.39 is 5.97 Å². The van der Waals surface area contributed by atoms with Crippen molar-refractivity contribution < 1.29 is 19.4 Å². The quantitative estimate of drug-likeness (QED) is 0.810. The number of carboxylic acids is 1. The summed E-state index contributed by atoms with van der Waals surface area (Å²) in [6.07, 6.45) is 0.758. The highest BCUT2D eigenvalue weighted by molar-refractivity contribution is 6.00. The van der Waals surface area contributed by atoms with Gasteiger partial charge in [0.05, 0.1) is 18.8 Å². The maximum Gasteiger partial charge on any atom is 0.335 e. The molecule has 0 radical (unpaired) electrons. The van der Waals surface area contributed by atoms with Crippen LogP contribution in [0.25, 0.3) is 0 Å². The van der Waals surface area contributed by atoms with Gasteiger partial charge in [0.2, 0.25) is 5.91 Å². The second-order valence-corrected chi connectivity index (χ2v) is 4.97. The zero-order valence-corrected chi connectivity index (χ0v) is 11.0. The van der Waals surface area contributed by atoms with Crippen molar-refractivity contribution in [3.05, 3.63) is 29.3 Å². The fourth-order valence-corrected chi connectivity index (χ4v) is 2.65. The van der Waals surface area contributed by atoms with E-state index >= 15 is 0 Å². The van der Waals surface area contributed by atoms with Crippen LogP contribution in [0.15, 0.2) is 18.2 Å². The van der Waals surface area contributed by atoms with Crippen molar-refractivity contribution in [2.45, 2.75) is 12.5 Å². The molecule has 6 nitrogen and oxygen atoms in total. The predicted molar refractivity (Wildman–Crippen MR) is 72.1 cm³/mol. The summed E-state index contributed by atoms with van der Waals surface area (Å²) in [5, 5.41) is 12.2. The van der Waals surface area contributed by atoms with Gasteiger partial charge in [-0.1, -0.05) is 6.07 Å². The summed E-state index contributed by atoms with van der Waals surface area (Å²) >= 11 is 0. The number of carbonyl (C=O) groups excluding carboxylic acids is 1. The first-order valence-corrected chi connectivity index (χ1v) is 6.65. The molecule has 0 aromatic heterocycles. The highest BCUT2D eigenvalue weighted by atomic mass is 16.5. The maximum absolute atomic E-state index is 12.5. The Hall–Kier alpha value is -1.92. The molecule has 1 saturated heterocycles. The molecule has 1 aromatic carbocycles. The highest BCUT2D eigenvalue weighted by Gasteiger charge is 2.31. The largest absolute Gasteiger partial charge is 0.478 e. The fraction of sp³-hybridized carbons (Fsp3) is 0.429. The number of anilines is 1. The number of ether oxygens (including phenoxy) is 1. The van der Waals surface area contributed by atoms with Crippen LogP contribution in [0.5, 0.6) is 0 Å². The summed E-state index contributed by atoms with van der Waals surface area (Å²) in [4.78, 5) is 25.2. The molecule has 1 fully saturated rings. The summed E-state index contributed by atoms with van der Waals surface area (Å²) in [6, 6.07) is 4.60. The molecule has 2 heterocycles. The Morgan fingerprint density at radius 3 is 2.95 bits per heavy atom. The van der Waals surface area contributed by atoms with Gasteiger partial charge in [-0.25, -0.2) is 4.79 Å². The number of aromatic carboxylic acids is 1. The van der Waals surface area contributed by atoms with Gasteiger partial charge in [0, 0.05) is 18.8 Å². The summed E-state index contributed by atoms with van der Waals surface area (Å²) < 4.78 is 5.31. The second kappa shape index (κ2) is 5.22. The number of fused-ring (bicyclic) bond motifs is 1. The Bertz CT molecular complexity index is 552. The zero-order chi connectivity index (χ0) is 14.1. The minimum absolute atomic E-state index is 0.0500. The van der Waals surface area contributed by atoms with E-state index in [2.05, 4.69) is 5.32 Å². The molecule has 0 bridgehead atoms. The van der Waals surface area contributed by atoms with Crippen molar-refractivity contribution in [2.75, 3.05) is 31.2 Å². The number of nitrogens with one attached hydrogen (secondary N) is 1. The van der Waals surface area contributed by atoms with E-state index in [1.165, 1.54) is 0 Å². The molecule has 20 heavy (non-hydrogen) atoms. The molecule has 1 unspecified atom stereocenters. The molecule has 0 saturated carbocycles. The first kappa shape index (κ1) is 13.1. The number of rotatable bonds is 2. The predicted octanol–water partition coefficient (Wildman–Crippen LogP) is 0.262. The van der Waals surface area contributed by atoms with Gasteiger partial charge in [-0.3, -0.25) is 4.79 Å². The molecule has 1 aromatic rings. The van der Waals surface area contributed by atoms with E-state index in [0.29, 0.717) is 32.0 Å². The van der Waals surface area contributed by atoms with Crippen molar-refractivity contribution in [1.29, 1.82) is 0 Å². The van der Waals surface area contributed by atoms with Crippen LogP contribution in [0.4, 0.5) is 5.69 Å². The van der Waals surface area contributed by atoms with Crippen LogP contribution in [0.1, 0.15) is 15.9 Å². The molecule has 1 amide bonds. The van der Waals surface area contributed by atoms with E-state index in [1.54, 1.807) is 23.1 Å². The van der Waals surface area contributed by atoms with Gasteiger partial charge < -0.3 is 20.1 Å². The Kier molecular flexibility index (Phi) is 3.42. The van der Waals surface area contributed by atoms with Crippen LogP contribution < -0.4 is 10.2 Å². The van der Waals surface area contributed by atoms with Gasteiger partial charge in [0.1, 0.15) is 6.04 Å². The van der Waals surface area contributed by atoms with E-state index in [1.807, 2.05) is 0 Å². The lowest BCUT2D eigenvalue weighted by atomic mass is 10.1. The van der Waals surface area contributed by atoms with Gasteiger partial charge in [-0.2, -0.15) is 0 Å². The van der Waals surface area contributed by atoms with Crippen molar-refractivity contribution >= 4 is 17.6 Å². The van der Waals surface area contributed by atoms with Crippen LogP contribution in [0.2, 0.25) is 0 Å². The molecular formula is C14H16N2O4. The molecule has 106 valence electrons. The maximum atomic E-state index is 12.5. The Labute approximate surface area is 116 Å². The molecule has 0 aliphatic carbocycles. The number of carbonyl (C=O) groups is 2. The number of hydrogen-bond acceptors (Lipinski definition) is 4. The number of benzene rings is 1. The van der Waals surface area contributed by atoms with Crippen LogP contribution in [-0.2, 0) is 16.0 Å². The third-order valence-corrected chi connectivity index (χ3v) is 3.71. The summed E-state index contributed by atoms with van der Waals surface area (Å²) in [7, 11) is 0. The molecule has 2 aliphatic rings. The van der Waals surface area contributed by atoms with E-state index in [-0.39, 0.29) is 17.5 Å². The molecule has 2 aliphatic heterocycles. The van der Waals surface area contributed by atoms with Gasteiger partial charge >= 0.3 is 5.97 Å². The topological polar surface area (TPSA) is 78.9 Å². The van der Waals surface area contributed by atoms with Crippen LogP contribution in [0, 0.1) is 0 Å². The number of hydrogen-bond donors (Lipinski definition) is 2. The van der Waals surface area contributed by atoms with Gasteiger partial charge in [-0.15, -0.1) is 0 Å². The van der Waals surface area contributed by atoms with Crippen LogP contribution >= 0.6 is 0 Å². The summed E-state index contributed by atoms with van der Waals surface area (Å²) in [5.74, 6) is -1.03. The first-order chi connectivity index (χ1) is 9.66. The standard InChI is InChI=1S/C14H16N2O4/c17-13(11-8-20-6-4-15-11)16-5-3-9-1-2-10(14(18)19)7-12(9)16/h1-2,7,11,15H,3-6,8H2,(H,18,19). The van der Waals surface area contributed by atoms with Crippen molar-refractivity contribution in [1.82, 2.24) is 5.32 Å². The van der Waals surface area contributed by atoms with Crippen LogP contribution in [-0.4, -0.2) is 49.3 Å². The van der Waals surface area contributed by atoms with Crippen molar-refractivity contribution in [3.63, 3.8) is 0 Å². The second-order valence-electron chi connectivity index (χ2n) is 4.97. The number of nitrogens with zero attached hydrogens (tertiary/aromatic N) is 1. The number of carboxylic acid groups (broad SMARTS) is 1. The molecule has 6 heteroatoms. The van der Waals surface area contributed by atoms with Gasteiger partial charge in [0.15, 0.2) is 0 Å². The summed E-state index contributed by atoms with van der Waals surface area (Å²) in [6.45, 7) is 2.23. The normalized spacial score (nSPS) is 21.6. The van der Waals surface area contributed by atoms with E-state index in [9.17, 15) is 9.59 Å². The average molecular weight is 276 g/mol. The number of morpholine rings is 1. The summed E-state index contributed by atoms with van der Waals surface area (Å²) in [5.41, 5.74) is 1.93. The van der Waals surface area contributed by atoms with Crippen molar-refractivity contribution in [3.8, 4) is 0 Å². The molecular weight excluding hydrogens is 260 g/mol. The van der Waals surface area contributed by atoms with E-state index in [0.717, 1.165) is 12.0 Å². The molecule has 1 atom stereocenters. The van der Waals surface area contributed by atoms with Gasteiger partial charge in [-0.05, 0) is 24.1 Å². The number of amides is 1. The van der Waals surface area contributed by atoms with Crippen LogP contribution in [0.3, 0.4) is 0 Å². The minimum atomic E-state index is -0.980. The third-order valence-electron chi connectivity index (χ3n) is 3.71. The Morgan fingerprint density at radius 2 is 2.25 bits per heavy atom. The SMILES string of the molecule is O=C(O)c1ccc2c(c1)N(C(=O)C1COCCN1)CC2. The molecule has 0 spiro atoms. The first-order valence-electron chi connectivity index (χ1n) is 6.65. The Morgan fingerprint density at radius 1 is 1.40 bits per heavy atom. The molecule has 2 N–H and O–H groups in total. The smallest absolute Gasteiger partial charge is 0.335 e. The lowest BCUT2D eigenvalue weighted by Crippen LogP contribution is -2.52. The Balaban J connectivity index is 1.85. The third kappa shape index (κ3) is 2.28. The fourth-order valence-electron chi connectivity index (χ4n) is 2.65. The van der Waals surface area contributed by atoms with Crippen molar-refractivity contribution in [2.24, 2.45) is 0 Å². The zero-order valence-electron chi connectivity index (χ0n) is 11.0. The van der Waals surface area contributed by atoms with Gasteiger partial charge in [0.25, 0.3) is 0 Å². The lowest BCUT2D eigenvalue weighted by molar-refractivity contribution is -0.123. The molecule has 3 rings (SSSR count). The highest BCUT2D eigenvalue weighted by Crippen LogP contribution is 2.29. The lowest BCUT2D eigenvalue weighted by Gasteiger charge is -2.27. The monoisotopic (exact) mass is 276 g/mol.